The van der Waals surface area contributed by atoms with E-state index in [9.17, 15) is 18.5 Å². The molecule has 2 aromatic rings. The molecule has 6 nitrogen and oxygen atoms in total. The summed E-state index contributed by atoms with van der Waals surface area (Å²) in [5, 5.41) is 18.1. The number of hydrogen-bond donors (Lipinski definition) is 1. The highest BCUT2D eigenvalue weighted by atomic mass is 35.5. The lowest BCUT2D eigenvalue weighted by Crippen LogP contribution is -2.10. The zero-order valence-corrected chi connectivity index (χ0v) is 15.3. The van der Waals surface area contributed by atoms with Crippen molar-refractivity contribution in [3.8, 4) is 11.8 Å². The number of carboxylic acid groups (broad SMARTS) is 1. The molecular weight excluding hydrogens is 401 g/mol. The van der Waals surface area contributed by atoms with Gasteiger partial charge in [0.2, 0.25) is 9.84 Å². The van der Waals surface area contributed by atoms with Crippen LogP contribution in [0.1, 0.15) is 5.56 Å². The van der Waals surface area contributed by atoms with E-state index >= 15 is 0 Å². The van der Waals surface area contributed by atoms with Crippen molar-refractivity contribution in [1.82, 2.24) is 0 Å². The van der Waals surface area contributed by atoms with Crippen molar-refractivity contribution in [2.45, 2.75) is 4.90 Å². The highest BCUT2D eigenvalue weighted by Crippen LogP contribution is 2.31. The van der Waals surface area contributed by atoms with Crippen LogP contribution in [0.4, 0.5) is 0 Å². The Morgan fingerprint density at radius 3 is 2.58 bits per heavy atom. The SMILES string of the molecule is N#CC(=Cc1ccccc1OCC(=O)O)S(=O)(=O)c1cc(Cl)ccc1Cl. The topological polar surface area (TPSA) is 104 Å². The van der Waals surface area contributed by atoms with Crippen molar-refractivity contribution in [2.75, 3.05) is 6.61 Å². The van der Waals surface area contributed by atoms with Crippen LogP contribution in [0, 0.1) is 11.3 Å². The number of ether oxygens (including phenoxy) is 1. The van der Waals surface area contributed by atoms with E-state index in [2.05, 4.69) is 0 Å². The van der Waals surface area contributed by atoms with Crippen molar-refractivity contribution >= 4 is 45.1 Å². The number of para-hydroxylation sites is 1. The van der Waals surface area contributed by atoms with E-state index in [0.29, 0.717) is 0 Å². The predicted molar refractivity (Wildman–Crippen MR) is 96.8 cm³/mol. The van der Waals surface area contributed by atoms with Crippen molar-refractivity contribution in [3.05, 3.63) is 63.0 Å². The Labute approximate surface area is 159 Å². The van der Waals surface area contributed by atoms with Crippen LogP contribution in [0.5, 0.6) is 5.75 Å². The maximum absolute atomic E-state index is 12.7. The van der Waals surface area contributed by atoms with Crippen LogP contribution in [0.3, 0.4) is 0 Å². The molecule has 1 N–H and O–H groups in total. The molecule has 0 aliphatic carbocycles. The van der Waals surface area contributed by atoms with Crippen molar-refractivity contribution < 1.29 is 23.1 Å². The van der Waals surface area contributed by atoms with Gasteiger partial charge in [0, 0.05) is 10.6 Å². The van der Waals surface area contributed by atoms with Crippen LogP contribution < -0.4 is 4.74 Å². The van der Waals surface area contributed by atoms with Crippen LogP contribution in [0.25, 0.3) is 6.08 Å². The molecule has 0 saturated carbocycles. The molecule has 0 saturated heterocycles. The van der Waals surface area contributed by atoms with Gasteiger partial charge in [0.15, 0.2) is 6.61 Å². The first-order valence-corrected chi connectivity index (χ1v) is 9.25. The van der Waals surface area contributed by atoms with Crippen molar-refractivity contribution in [2.24, 2.45) is 0 Å². The van der Waals surface area contributed by atoms with Gasteiger partial charge in [0.25, 0.3) is 0 Å². The molecule has 0 atom stereocenters. The summed E-state index contributed by atoms with van der Waals surface area (Å²) in [6.45, 7) is -0.611. The molecule has 0 amide bonds. The molecule has 26 heavy (non-hydrogen) atoms. The number of allylic oxidation sites excluding steroid dienone is 1. The molecule has 134 valence electrons. The van der Waals surface area contributed by atoms with Crippen molar-refractivity contribution in [1.29, 1.82) is 5.26 Å². The van der Waals surface area contributed by atoms with Gasteiger partial charge < -0.3 is 9.84 Å². The lowest BCUT2D eigenvalue weighted by atomic mass is 10.2. The second-order valence-corrected chi connectivity index (χ2v) is 7.65. The van der Waals surface area contributed by atoms with Crippen LogP contribution in [-0.4, -0.2) is 26.1 Å². The van der Waals surface area contributed by atoms with Gasteiger partial charge in [-0.3, -0.25) is 0 Å². The van der Waals surface area contributed by atoms with Gasteiger partial charge in [0.1, 0.15) is 16.7 Å². The number of nitrogens with zero attached hydrogens (tertiary/aromatic N) is 1. The minimum absolute atomic E-state index is 0.0778. The second-order valence-electron chi connectivity index (χ2n) is 4.92. The van der Waals surface area contributed by atoms with Crippen LogP contribution in [-0.2, 0) is 14.6 Å². The molecule has 0 fully saturated rings. The number of sulfone groups is 1. The number of carbonyl (C=O) groups is 1. The van der Waals surface area contributed by atoms with Gasteiger partial charge in [-0.25, -0.2) is 13.2 Å². The van der Waals surface area contributed by atoms with Crippen LogP contribution >= 0.6 is 23.2 Å². The number of halogens is 2. The molecular formula is C17H11Cl2NO5S. The van der Waals surface area contributed by atoms with E-state index in [0.717, 1.165) is 12.1 Å². The first-order valence-electron chi connectivity index (χ1n) is 7.01. The molecule has 0 spiro atoms. The average molecular weight is 412 g/mol. The second kappa shape index (κ2) is 8.23. The number of benzene rings is 2. The molecule has 2 rings (SSSR count). The lowest BCUT2D eigenvalue weighted by Gasteiger charge is -2.09. The molecule has 9 heteroatoms. The normalized spacial score (nSPS) is 11.7. The highest BCUT2D eigenvalue weighted by molar-refractivity contribution is 7.95. The van der Waals surface area contributed by atoms with E-state index in [1.165, 1.54) is 24.3 Å². The van der Waals surface area contributed by atoms with Crippen molar-refractivity contribution in [3.63, 3.8) is 0 Å². The third kappa shape index (κ3) is 4.55. The Morgan fingerprint density at radius 1 is 1.23 bits per heavy atom. The molecule has 0 aliphatic rings. The molecule has 0 bridgehead atoms. The molecule has 0 aliphatic heterocycles. The predicted octanol–water partition coefficient (Wildman–Crippen LogP) is 3.80. The standard InChI is InChI=1S/C17H11Cl2NO5S/c18-12-5-6-14(19)16(8-12)26(23,24)13(9-20)7-11-3-1-2-4-15(11)25-10-17(21)22/h1-8H,10H2,(H,21,22). The van der Waals surface area contributed by atoms with E-state index < -0.39 is 27.3 Å². The molecule has 0 unspecified atom stereocenters. The summed E-state index contributed by atoms with van der Waals surface area (Å²) in [6.07, 6.45) is 1.09. The fourth-order valence-corrected chi connectivity index (χ4v) is 3.89. The molecule has 0 radical (unpaired) electrons. The summed E-state index contributed by atoms with van der Waals surface area (Å²) >= 11 is 11.8. The fraction of sp³-hybridized carbons (Fsp3) is 0.0588. The number of rotatable bonds is 6. The van der Waals surface area contributed by atoms with Gasteiger partial charge in [-0.05, 0) is 30.3 Å². The number of hydrogen-bond acceptors (Lipinski definition) is 5. The van der Waals surface area contributed by atoms with Gasteiger partial charge in [-0.1, -0.05) is 41.4 Å². The Hall–Kier alpha value is -2.53. The minimum atomic E-state index is -4.24. The summed E-state index contributed by atoms with van der Waals surface area (Å²) in [6, 6.07) is 11.6. The Bertz CT molecular complexity index is 1030. The summed E-state index contributed by atoms with van der Waals surface area (Å²) in [7, 11) is -4.24. The Balaban J connectivity index is 2.53. The highest BCUT2D eigenvalue weighted by Gasteiger charge is 2.24. The van der Waals surface area contributed by atoms with Crippen LogP contribution in [0.15, 0.2) is 52.3 Å². The average Bonchev–Trinajstić information content (AvgIpc) is 2.60. The number of carboxylic acids is 1. The smallest absolute Gasteiger partial charge is 0.341 e. The number of aliphatic carboxylic acids is 1. The maximum atomic E-state index is 12.7. The zero-order chi connectivity index (χ0) is 19.3. The van der Waals surface area contributed by atoms with Gasteiger partial charge >= 0.3 is 5.97 Å². The molecule has 0 aromatic heterocycles. The third-order valence-corrected chi connectivity index (χ3v) is 5.52. The van der Waals surface area contributed by atoms with Gasteiger partial charge in [-0.2, -0.15) is 5.26 Å². The summed E-state index contributed by atoms with van der Waals surface area (Å²) in [4.78, 5) is 9.77. The Kier molecular flexibility index (Phi) is 6.27. The third-order valence-electron chi connectivity index (χ3n) is 3.14. The first-order chi connectivity index (χ1) is 12.3. The summed E-state index contributed by atoms with van der Waals surface area (Å²) in [5.41, 5.74) is 0.229. The summed E-state index contributed by atoms with van der Waals surface area (Å²) < 4.78 is 30.6. The quantitative estimate of drug-likeness (QED) is 0.724. The van der Waals surface area contributed by atoms with E-state index in [4.69, 9.17) is 33.0 Å². The Morgan fingerprint density at radius 2 is 1.92 bits per heavy atom. The first kappa shape index (κ1) is 19.8. The molecule has 0 heterocycles. The fourth-order valence-electron chi connectivity index (χ4n) is 1.98. The van der Waals surface area contributed by atoms with Crippen LogP contribution in [0.2, 0.25) is 10.0 Å². The van der Waals surface area contributed by atoms with Gasteiger partial charge in [-0.15, -0.1) is 0 Å². The molecule has 2 aromatic carbocycles. The van der Waals surface area contributed by atoms with E-state index in [1.807, 2.05) is 0 Å². The zero-order valence-electron chi connectivity index (χ0n) is 13.0. The monoisotopic (exact) mass is 411 g/mol. The van der Waals surface area contributed by atoms with Gasteiger partial charge in [0.05, 0.1) is 9.92 Å². The van der Waals surface area contributed by atoms with E-state index in [1.54, 1.807) is 18.2 Å². The van der Waals surface area contributed by atoms with E-state index in [-0.39, 0.29) is 26.3 Å². The number of nitriles is 1. The maximum Gasteiger partial charge on any atom is 0.341 e. The summed E-state index contributed by atoms with van der Waals surface area (Å²) in [5.74, 6) is -1.07. The largest absolute Gasteiger partial charge is 0.481 e. The minimum Gasteiger partial charge on any atom is -0.481 e. The lowest BCUT2D eigenvalue weighted by molar-refractivity contribution is -0.139.